The van der Waals surface area contributed by atoms with Gasteiger partial charge in [0.15, 0.2) is 0 Å². The van der Waals surface area contributed by atoms with Crippen LogP contribution in [0.1, 0.15) is 51.0 Å². The average molecular weight is 358 g/mol. The third-order valence-corrected chi connectivity index (χ3v) is 6.51. The molecule has 5 heteroatoms. The fourth-order valence-electron chi connectivity index (χ4n) is 4.94. The Hall–Kier alpha value is -1.91. The maximum absolute atomic E-state index is 14.3. The van der Waals surface area contributed by atoms with Gasteiger partial charge in [-0.25, -0.2) is 4.39 Å². The molecule has 2 saturated heterocycles. The lowest BCUT2D eigenvalue weighted by molar-refractivity contribution is -0.146. The average Bonchev–Trinajstić information content (AvgIpc) is 3.34. The number of amides is 2. The van der Waals surface area contributed by atoms with E-state index in [2.05, 4.69) is 6.92 Å². The zero-order chi connectivity index (χ0) is 18.4. The normalized spacial score (nSPS) is 27.2. The van der Waals surface area contributed by atoms with Crippen molar-refractivity contribution in [2.75, 3.05) is 26.2 Å². The van der Waals surface area contributed by atoms with E-state index in [1.165, 1.54) is 6.07 Å². The highest BCUT2D eigenvalue weighted by Gasteiger charge is 2.57. The predicted octanol–water partition coefficient (Wildman–Crippen LogP) is 3.11. The van der Waals surface area contributed by atoms with E-state index in [1.807, 2.05) is 9.80 Å². The minimum atomic E-state index is -0.697. The van der Waals surface area contributed by atoms with Gasteiger partial charge in [0.05, 0.1) is 10.8 Å². The third-order valence-electron chi connectivity index (χ3n) is 6.51. The van der Waals surface area contributed by atoms with Crippen LogP contribution in [0.5, 0.6) is 0 Å². The second-order valence-electron chi connectivity index (χ2n) is 8.21. The number of carbonyl (C=O) groups excluding carboxylic acids is 2. The first kappa shape index (κ1) is 17.5. The standard InChI is InChI=1S/C21H27FN2O2/c1-2-12-23-13-5-8-20(18(23)25)11-14-24(15-20)19(26)21(9-10-21)16-6-3-4-7-17(16)22/h3-4,6-7H,2,5,8-15H2,1H3/t20-/m0/s1. The van der Waals surface area contributed by atoms with Gasteiger partial charge >= 0.3 is 0 Å². The molecule has 1 spiro atoms. The highest BCUT2D eigenvalue weighted by atomic mass is 19.1. The summed E-state index contributed by atoms with van der Waals surface area (Å²) in [5.74, 6) is -0.0633. The molecule has 1 aromatic rings. The number of hydrogen-bond acceptors (Lipinski definition) is 2. The number of nitrogens with zero attached hydrogens (tertiary/aromatic N) is 2. The number of hydrogen-bond donors (Lipinski definition) is 0. The summed E-state index contributed by atoms with van der Waals surface area (Å²) in [5.41, 5.74) is -0.583. The summed E-state index contributed by atoms with van der Waals surface area (Å²) in [6, 6.07) is 6.63. The van der Waals surface area contributed by atoms with E-state index in [0.717, 1.165) is 38.8 Å². The van der Waals surface area contributed by atoms with Gasteiger partial charge in [0.25, 0.3) is 0 Å². The highest BCUT2D eigenvalue weighted by Crippen LogP contribution is 2.52. The molecule has 0 N–H and O–H groups in total. The molecule has 2 amide bonds. The fourth-order valence-corrected chi connectivity index (χ4v) is 4.94. The van der Waals surface area contributed by atoms with Gasteiger partial charge in [-0.2, -0.15) is 0 Å². The molecule has 1 saturated carbocycles. The molecule has 3 fully saturated rings. The second kappa shape index (κ2) is 6.36. The van der Waals surface area contributed by atoms with Gasteiger partial charge in [0.1, 0.15) is 5.82 Å². The van der Waals surface area contributed by atoms with Crippen LogP contribution in [0.2, 0.25) is 0 Å². The molecule has 4 rings (SSSR count). The van der Waals surface area contributed by atoms with Gasteiger partial charge in [-0.3, -0.25) is 9.59 Å². The van der Waals surface area contributed by atoms with Crippen LogP contribution >= 0.6 is 0 Å². The van der Waals surface area contributed by atoms with Gasteiger partial charge < -0.3 is 9.80 Å². The minimum Gasteiger partial charge on any atom is -0.342 e. The van der Waals surface area contributed by atoms with Crippen molar-refractivity contribution < 1.29 is 14.0 Å². The topological polar surface area (TPSA) is 40.6 Å². The summed E-state index contributed by atoms with van der Waals surface area (Å²) in [6.45, 7) is 4.83. The van der Waals surface area contributed by atoms with Crippen LogP contribution in [-0.2, 0) is 15.0 Å². The Morgan fingerprint density at radius 2 is 1.92 bits per heavy atom. The highest BCUT2D eigenvalue weighted by molar-refractivity contribution is 5.93. The molecule has 0 bridgehead atoms. The van der Waals surface area contributed by atoms with Crippen LogP contribution in [0.3, 0.4) is 0 Å². The summed E-state index contributed by atoms with van der Waals surface area (Å²) in [6.07, 6.45) is 4.97. The van der Waals surface area contributed by atoms with Crippen molar-refractivity contribution in [3.05, 3.63) is 35.6 Å². The Morgan fingerprint density at radius 1 is 1.15 bits per heavy atom. The molecule has 0 radical (unpaired) electrons. The van der Waals surface area contributed by atoms with Gasteiger partial charge in [0.2, 0.25) is 11.8 Å². The smallest absolute Gasteiger partial charge is 0.233 e. The molecule has 3 aliphatic rings. The molecular formula is C21H27FN2O2. The van der Waals surface area contributed by atoms with Crippen molar-refractivity contribution in [3.63, 3.8) is 0 Å². The number of piperidine rings is 1. The van der Waals surface area contributed by atoms with E-state index in [9.17, 15) is 14.0 Å². The van der Waals surface area contributed by atoms with E-state index in [4.69, 9.17) is 0 Å². The van der Waals surface area contributed by atoms with Crippen molar-refractivity contribution in [1.29, 1.82) is 0 Å². The van der Waals surface area contributed by atoms with Crippen molar-refractivity contribution in [1.82, 2.24) is 9.80 Å². The van der Waals surface area contributed by atoms with Crippen molar-refractivity contribution in [2.24, 2.45) is 5.41 Å². The first-order chi connectivity index (χ1) is 12.5. The molecule has 0 aromatic heterocycles. The number of halogens is 1. The molecule has 2 aliphatic heterocycles. The van der Waals surface area contributed by atoms with E-state index < -0.39 is 10.8 Å². The number of likely N-dealkylation sites (tertiary alicyclic amines) is 2. The van der Waals surface area contributed by atoms with Gasteiger partial charge in [-0.15, -0.1) is 0 Å². The summed E-state index contributed by atoms with van der Waals surface area (Å²) in [4.78, 5) is 30.1. The Balaban J connectivity index is 1.53. The molecule has 26 heavy (non-hydrogen) atoms. The van der Waals surface area contributed by atoms with Crippen molar-refractivity contribution >= 4 is 11.8 Å². The first-order valence-corrected chi connectivity index (χ1v) is 9.86. The van der Waals surface area contributed by atoms with E-state index in [-0.39, 0.29) is 17.6 Å². The molecule has 2 heterocycles. The van der Waals surface area contributed by atoms with Gasteiger partial charge in [-0.1, -0.05) is 25.1 Å². The lowest BCUT2D eigenvalue weighted by Crippen LogP contribution is -2.51. The molecule has 1 atom stereocenters. The summed E-state index contributed by atoms with van der Waals surface area (Å²) in [7, 11) is 0. The predicted molar refractivity (Wildman–Crippen MR) is 97.0 cm³/mol. The third kappa shape index (κ3) is 2.63. The quantitative estimate of drug-likeness (QED) is 0.830. The summed E-state index contributed by atoms with van der Waals surface area (Å²) < 4.78 is 14.3. The Labute approximate surface area is 154 Å². The first-order valence-electron chi connectivity index (χ1n) is 9.86. The van der Waals surface area contributed by atoms with Crippen molar-refractivity contribution in [2.45, 2.75) is 50.9 Å². The molecule has 1 aliphatic carbocycles. The minimum absolute atomic E-state index is 0.0138. The van der Waals surface area contributed by atoms with E-state index in [1.54, 1.807) is 18.2 Å². The largest absolute Gasteiger partial charge is 0.342 e. The summed E-state index contributed by atoms with van der Waals surface area (Å²) >= 11 is 0. The summed E-state index contributed by atoms with van der Waals surface area (Å²) in [5, 5.41) is 0. The number of benzene rings is 1. The van der Waals surface area contributed by atoms with Gasteiger partial charge in [-0.05, 0) is 44.6 Å². The van der Waals surface area contributed by atoms with Gasteiger partial charge in [0, 0.05) is 31.7 Å². The van der Waals surface area contributed by atoms with Crippen molar-refractivity contribution in [3.8, 4) is 0 Å². The monoisotopic (exact) mass is 358 g/mol. The lowest BCUT2D eigenvalue weighted by atomic mass is 9.78. The van der Waals surface area contributed by atoms with Crippen LogP contribution < -0.4 is 0 Å². The zero-order valence-corrected chi connectivity index (χ0v) is 15.5. The Kier molecular flexibility index (Phi) is 4.28. The molecule has 0 unspecified atom stereocenters. The lowest BCUT2D eigenvalue weighted by Gasteiger charge is -2.39. The fraction of sp³-hybridized carbons (Fsp3) is 0.619. The molecule has 1 aromatic carbocycles. The van der Waals surface area contributed by atoms with Crippen LogP contribution in [0, 0.1) is 11.2 Å². The SMILES string of the molecule is CCCN1CCC[C@@]2(CCN(C(=O)C3(c4ccccc4F)CC3)C2)C1=O. The molecule has 140 valence electrons. The van der Waals surface area contributed by atoms with E-state index in [0.29, 0.717) is 31.5 Å². The van der Waals surface area contributed by atoms with Crippen LogP contribution in [0.15, 0.2) is 24.3 Å². The molecular weight excluding hydrogens is 331 g/mol. The maximum atomic E-state index is 14.3. The van der Waals surface area contributed by atoms with Crippen LogP contribution in [-0.4, -0.2) is 47.8 Å². The van der Waals surface area contributed by atoms with Crippen LogP contribution in [0.25, 0.3) is 0 Å². The van der Waals surface area contributed by atoms with E-state index >= 15 is 0 Å². The zero-order valence-electron chi connectivity index (χ0n) is 15.5. The number of carbonyl (C=O) groups is 2. The maximum Gasteiger partial charge on any atom is 0.233 e. The second-order valence-corrected chi connectivity index (χ2v) is 8.21. The molecule has 4 nitrogen and oxygen atoms in total. The Bertz CT molecular complexity index is 728. The Morgan fingerprint density at radius 3 is 2.62 bits per heavy atom. The van der Waals surface area contributed by atoms with Crippen LogP contribution in [0.4, 0.5) is 4.39 Å². The number of rotatable bonds is 4.